The van der Waals surface area contributed by atoms with E-state index in [2.05, 4.69) is 10.9 Å². The Morgan fingerprint density at radius 1 is 0.724 bits per heavy atom. The Kier molecular flexibility index (Phi) is 7.53. The van der Waals surface area contributed by atoms with Crippen LogP contribution in [0.5, 0.6) is 28.7 Å². The summed E-state index contributed by atoms with van der Waals surface area (Å²) in [5.41, 5.74) is 5.66. The van der Waals surface area contributed by atoms with E-state index in [0.717, 1.165) is 0 Å². The first kappa shape index (κ1) is 21.7. The van der Waals surface area contributed by atoms with Gasteiger partial charge in [0.15, 0.2) is 23.0 Å². The fourth-order valence-corrected chi connectivity index (χ4v) is 2.63. The molecule has 2 rings (SSSR count). The van der Waals surface area contributed by atoms with Gasteiger partial charge < -0.3 is 23.7 Å². The lowest BCUT2D eigenvalue weighted by atomic mass is 10.1. The summed E-state index contributed by atoms with van der Waals surface area (Å²) in [7, 11) is 7.41. The lowest BCUT2D eigenvalue weighted by Crippen LogP contribution is -2.42. The van der Waals surface area contributed by atoms with Gasteiger partial charge in [-0.15, -0.1) is 0 Å². The van der Waals surface area contributed by atoms with Crippen LogP contribution in [0, 0.1) is 0 Å². The molecule has 0 aliphatic heterocycles. The van der Waals surface area contributed by atoms with Crippen LogP contribution in [0.1, 0.15) is 15.9 Å². The lowest BCUT2D eigenvalue weighted by Gasteiger charge is -2.14. The van der Waals surface area contributed by atoms with E-state index in [4.69, 9.17) is 23.7 Å². The van der Waals surface area contributed by atoms with Crippen LogP contribution in [0.4, 0.5) is 0 Å². The minimum absolute atomic E-state index is 0.0376. The molecule has 29 heavy (non-hydrogen) atoms. The van der Waals surface area contributed by atoms with Gasteiger partial charge in [0, 0.05) is 5.56 Å². The fourth-order valence-electron chi connectivity index (χ4n) is 2.63. The Bertz CT molecular complexity index is 858. The third-order valence-corrected chi connectivity index (χ3v) is 4.05. The Balaban J connectivity index is 2.04. The zero-order chi connectivity index (χ0) is 21.4. The molecule has 0 heterocycles. The molecule has 156 valence electrons. The van der Waals surface area contributed by atoms with Gasteiger partial charge in [-0.25, -0.2) is 0 Å². The molecule has 0 atom stereocenters. The Labute approximate surface area is 168 Å². The minimum atomic E-state index is -0.537. The van der Waals surface area contributed by atoms with Crippen molar-refractivity contribution in [1.29, 1.82) is 0 Å². The predicted octanol–water partition coefficient (Wildman–Crippen LogP) is 1.73. The van der Waals surface area contributed by atoms with Gasteiger partial charge in [-0.2, -0.15) is 0 Å². The molecule has 2 aromatic carbocycles. The zero-order valence-corrected chi connectivity index (χ0v) is 17.0. The van der Waals surface area contributed by atoms with Crippen molar-refractivity contribution in [2.45, 2.75) is 6.42 Å². The highest BCUT2D eigenvalue weighted by Gasteiger charge is 2.17. The van der Waals surface area contributed by atoms with Gasteiger partial charge in [-0.3, -0.25) is 20.4 Å². The average Bonchev–Trinajstić information content (AvgIpc) is 2.75. The Morgan fingerprint density at radius 2 is 1.31 bits per heavy atom. The van der Waals surface area contributed by atoms with Crippen molar-refractivity contribution < 1.29 is 33.3 Å². The van der Waals surface area contributed by atoms with Crippen LogP contribution in [-0.2, 0) is 11.2 Å². The van der Waals surface area contributed by atoms with E-state index in [9.17, 15) is 9.59 Å². The van der Waals surface area contributed by atoms with Gasteiger partial charge in [-0.1, -0.05) is 6.07 Å². The van der Waals surface area contributed by atoms with Gasteiger partial charge in [-0.05, 0) is 29.8 Å². The summed E-state index contributed by atoms with van der Waals surface area (Å²) < 4.78 is 26.0. The van der Waals surface area contributed by atoms with E-state index >= 15 is 0 Å². The molecule has 0 unspecified atom stereocenters. The maximum Gasteiger partial charge on any atom is 0.269 e. The second kappa shape index (κ2) is 10.1. The highest BCUT2D eigenvalue weighted by Crippen LogP contribution is 2.38. The molecule has 0 aromatic heterocycles. The lowest BCUT2D eigenvalue weighted by molar-refractivity contribution is -0.121. The largest absolute Gasteiger partial charge is 0.493 e. The smallest absolute Gasteiger partial charge is 0.269 e. The number of hydrogen-bond acceptors (Lipinski definition) is 7. The van der Waals surface area contributed by atoms with Crippen LogP contribution in [-0.4, -0.2) is 47.4 Å². The summed E-state index contributed by atoms with van der Waals surface area (Å²) in [5.74, 6) is 1.15. The van der Waals surface area contributed by atoms with E-state index in [1.165, 1.54) is 47.7 Å². The van der Waals surface area contributed by atoms with Crippen molar-refractivity contribution in [2.75, 3.05) is 35.5 Å². The molecule has 9 nitrogen and oxygen atoms in total. The highest BCUT2D eigenvalue weighted by atomic mass is 16.5. The normalized spacial score (nSPS) is 9.97. The molecule has 0 radical (unpaired) electrons. The number of rotatable bonds is 8. The number of carbonyl (C=O) groups excluding carboxylic acids is 2. The van der Waals surface area contributed by atoms with Crippen molar-refractivity contribution in [2.24, 2.45) is 0 Å². The fraction of sp³-hybridized carbons (Fsp3) is 0.300. The van der Waals surface area contributed by atoms with Crippen LogP contribution < -0.4 is 34.5 Å². The molecule has 9 heteroatoms. The number of benzene rings is 2. The number of amides is 2. The summed E-state index contributed by atoms with van der Waals surface area (Å²) in [6.45, 7) is 0. The molecular formula is C20H24N2O7. The zero-order valence-electron chi connectivity index (χ0n) is 17.0. The van der Waals surface area contributed by atoms with E-state index in [0.29, 0.717) is 34.3 Å². The topological polar surface area (TPSA) is 104 Å². The summed E-state index contributed by atoms with van der Waals surface area (Å²) in [5, 5.41) is 0. The van der Waals surface area contributed by atoms with Crippen LogP contribution >= 0.6 is 0 Å². The first-order valence-corrected chi connectivity index (χ1v) is 8.57. The van der Waals surface area contributed by atoms with Crippen LogP contribution in [0.2, 0.25) is 0 Å². The van der Waals surface area contributed by atoms with Gasteiger partial charge in [0.2, 0.25) is 11.7 Å². The van der Waals surface area contributed by atoms with Crippen molar-refractivity contribution in [3.63, 3.8) is 0 Å². The van der Waals surface area contributed by atoms with Gasteiger partial charge >= 0.3 is 0 Å². The maximum atomic E-state index is 12.4. The van der Waals surface area contributed by atoms with Crippen LogP contribution in [0.25, 0.3) is 0 Å². The molecule has 0 aliphatic carbocycles. The van der Waals surface area contributed by atoms with E-state index in [1.807, 2.05) is 0 Å². The van der Waals surface area contributed by atoms with E-state index in [-0.39, 0.29) is 12.0 Å². The molecule has 2 aromatic rings. The summed E-state index contributed by atoms with van der Waals surface area (Å²) in [4.78, 5) is 24.6. The molecule has 0 bridgehead atoms. The van der Waals surface area contributed by atoms with Crippen molar-refractivity contribution in [3.8, 4) is 28.7 Å². The monoisotopic (exact) mass is 404 g/mol. The highest BCUT2D eigenvalue weighted by molar-refractivity contribution is 5.96. The third kappa shape index (κ3) is 5.22. The summed E-state index contributed by atoms with van der Waals surface area (Å²) in [6, 6.07) is 8.10. The quantitative estimate of drug-likeness (QED) is 0.646. The molecule has 0 aliphatic rings. The maximum absolute atomic E-state index is 12.4. The molecular weight excluding hydrogens is 380 g/mol. The first-order valence-electron chi connectivity index (χ1n) is 8.57. The van der Waals surface area contributed by atoms with Gasteiger partial charge in [0.05, 0.1) is 42.0 Å². The second-order valence-electron chi connectivity index (χ2n) is 5.78. The number of hydrogen-bond donors (Lipinski definition) is 2. The first-order chi connectivity index (χ1) is 14.0. The Hall–Kier alpha value is -3.62. The molecule has 0 spiro atoms. The van der Waals surface area contributed by atoms with Gasteiger partial charge in [0.25, 0.3) is 5.91 Å². The Morgan fingerprint density at radius 3 is 1.83 bits per heavy atom. The molecule has 2 amide bonds. The number of hydrazine groups is 1. The summed E-state index contributed by atoms with van der Waals surface area (Å²) in [6.07, 6.45) is 0.0376. The second-order valence-corrected chi connectivity index (χ2v) is 5.78. The number of methoxy groups -OCH3 is 5. The van der Waals surface area contributed by atoms with Gasteiger partial charge in [0.1, 0.15) is 0 Å². The SMILES string of the molecule is COc1ccc(CC(=O)NNC(=O)c2cc(OC)c(OC)c(OC)c2)cc1OC. The van der Waals surface area contributed by atoms with E-state index in [1.54, 1.807) is 18.2 Å². The molecule has 2 N–H and O–H groups in total. The van der Waals surface area contributed by atoms with Crippen molar-refractivity contribution in [1.82, 2.24) is 10.9 Å². The number of carbonyl (C=O) groups is 2. The molecule has 0 saturated carbocycles. The van der Waals surface area contributed by atoms with Crippen molar-refractivity contribution >= 4 is 11.8 Å². The summed E-state index contributed by atoms with van der Waals surface area (Å²) >= 11 is 0. The third-order valence-electron chi connectivity index (χ3n) is 4.05. The standard InChI is InChI=1S/C20H24N2O7/c1-25-14-7-6-12(8-15(14)26-2)9-18(23)21-22-20(24)13-10-16(27-3)19(29-5)17(11-13)28-4/h6-8,10-11H,9H2,1-5H3,(H,21,23)(H,22,24). The average molecular weight is 404 g/mol. The minimum Gasteiger partial charge on any atom is -0.493 e. The van der Waals surface area contributed by atoms with Crippen LogP contribution in [0.15, 0.2) is 30.3 Å². The van der Waals surface area contributed by atoms with Crippen LogP contribution in [0.3, 0.4) is 0 Å². The number of ether oxygens (including phenoxy) is 5. The van der Waals surface area contributed by atoms with E-state index < -0.39 is 11.8 Å². The molecule has 0 fully saturated rings. The van der Waals surface area contributed by atoms with Crippen molar-refractivity contribution in [3.05, 3.63) is 41.5 Å². The predicted molar refractivity (Wildman–Crippen MR) is 105 cm³/mol. The molecule has 0 saturated heterocycles. The number of nitrogens with one attached hydrogen (secondary N) is 2.